The van der Waals surface area contributed by atoms with Crippen LogP contribution in [0.25, 0.3) is 0 Å². The lowest BCUT2D eigenvalue weighted by atomic mass is 9.69. The molecule has 1 aliphatic heterocycles. The summed E-state index contributed by atoms with van der Waals surface area (Å²) in [5.74, 6) is 0.323. The first-order chi connectivity index (χ1) is 14.6. The first kappa shape index (κ1) is 23.5. The second-order valence-electron chi connectivity index (χ2n) is 7.93. The molecule has 2 heterocycles. The van der Waals surface area contributed by atoms with Crippen LogP contribution in [0.5, 0.6) is 5.75 Å². The Bertz CT molecular complexity index is 1070. The zero-order valence-electron chi connectivity index (χ0n) is 17.8. The smallest absolute Gasteiger partial charge is 0.276 e. The lowest BCUT2D eigenvalue weighted by Crippen LogP contribution is -2.52. The van der Waals surface area contributed by atoms with Crippen molar-refractivity contribution in [3.05, 3.63) is 52.8 Å². The van der Waals surface area contributed by atoms with Gasteiger partial charge in [0, 0.05) is 19.2 Å². The maximum absolute atomic E-state index is 13.7. The standard InChI is InChI=1S/C21H27ClN4O4S/c1-14(2)15-6-4-5-7-16(15)21(8-10-26(11-9-21)31(23,28)29)20(27)25-17-13-24-19(22)12-18(17)30-3/h4-7,12-14H,8-11H2,1-3H3,(H,25,27)(H2,23,28,29). The molecule has 8 nitrogen and oxygen atoms in total. The summed E-state index contributed by atoms with van der Waals surface area (Å²) in [5, 5.41) is 8.51. The number of hydrogen-bond acceptors (Lipinski definition) is 5. The maximum Gasteiger partial charge on any atom is 0.276 e. The number of nitrogens with zero attached hydrogens (tertiary/aromatic N) is 2. The Morgan fingerprint density at radius 2 is 1.94 bits per heavy atom. The van der Waals surface area contributed by atoms with Gasteiger partial charge in [0.05, 0.1) is 18.7 Å². The summed E-state index contributed by atoms with van der Waals surface area (Å²) in [5.41, 5.74) is 1.39. The van der Waals surface area contributed by atoms with Gasteiger partial charge in [-0.25, -0.2) is 10.1 Å². The van der Waals surface area contributed by atoms with Gasteiger partial charge in [-0.05, 0) is 29.9 Å². The third-order valence-electron chi connectivity index (χ3n) is 5.77. The fraction of sp³-hybridized carbons (Fsp3) is 0.429. The van der Waals surface area contributed by atoms with Gasteiger partial charge >= 0.3 is 0 Å². The number of carbonyl (C=O) groups is 1. The van der Waals surface area contributed by atoms with E-state index in [9.17, 15) is 13.2 Å². The third kappa shape index (κ3) is 4.85. The van der Waals surface area contributed by atoms with E-state index in [1.54, 1.807) is 0 Å². The van der Waals surface area contributed by atoms with Gasteiger partial charge in [0.1, 0.15) is 16.6 Å². The lowest BCUT2D eigenvalue weighted by Gasteiger charge is -2.41. The Kier molecular flexibility index (Phi) is 6.90. The molecule has 1 aromatic heterocycles. The van der Waals surface area contributed by atoms with Gasteiger partial charge in [0.2, 0.25) is 5.91 Å². The second-order valence-corrected chi connectivity index (χ2v) is 9.86. The van der Waals surface area contributed by atoms with Crippen LogP contribution >= 0.6 is 11.6 Å². The molecule has 0 aliphatic carbocycles. The molecule has 10 heteroatoms. The van der Waals surface area contributed by atoms with Crippen molar-refractivity contribution in [3.8, 4) is 5.75 Å². The SMILES string of the molecule is COc1cc(Cl)ncc1NC(=O)C1(c2ccccc2C(C)C)CCN(S(N)(=O)=O)CC1. The number of anilines is 1. The normalized spacial score (nSPS) is 16.8. The minimum absolute atomic E-state index is 0.148. The van der Waals surface area contributed by atoms with Gasteiger partial charge in [-0.15, -0.1) is 0 Å². The summed E-state index contributed by atoms with van der Waals surface area (Å²) in [4.78, 5) is 17.8. The molecule has 0 radical (unpaired) electrons. The van der Waals surface area contributed by atoms with E-state index in [4.69, 9.17) is 21.5 Å². The molecule has 1 saturated heterocycles. The fourth-order valence-corrected chi connectivity index (χ4v) is 4.93. The number of nitrogens with one attached hydrogen (secondary N) is 1. The Morgan fingerprint density at radius 3 is 2.52 bits per heavy atom. The molecule has 0 atom stereocenters. The fourth-order valence-electron chi connectivity index (χ4n) is 4.10. The number of pyridine rings is 1. The first-order valence-corrected chi connectivity index (χ1v) is 11.8. The largest absolute Gasteiger partial charge is 0.494 e. The van der Waals surface area contributed by atoms with Crippen molar-refractivity contribution in [1.29, 1.82) is 0 Å². The molecule has 168 valence electrons. The topological polar surface area (TPSA) is 115 Å². The number of aromatic nitrogens is 1. The van der Waals surface area contributed by atoms with E-state index < -0.39 is 15.6 Å². The zero-order chi connectivity index (χ0) is 22.8. The Hall–Kier alpha value is -2.20. The highest BCUT2D eigenvalue weighted by Gasteiger charge is 2.46. The van der Waals surface area contributed by atoms with Gasteiger partial charge in [-0.1, -0.05) is 49.7 Å². The number of piperidine rings is 1. The van der Waals surface area contributed by atoms with Gasteiger partial charge in [-0.3, -0.25) is 4.79 Å². The van der Waals surface area contributed by atoms with E-state index in [0.29, 0.717) is 24.3 Å². The second kappa shape index (κ2) is 9.12. The number of carbonyl (C=O) groups excluding carboxylic acids is 1. The quantitative estimate of drug-likeness (QED) is 0.635. The van der Waals surface area contributed by atoms with Gasteiger partial charge in [0.25, 0.3) is 10.2 Å². The van der Waals surface area contributed by atoms with E-state index >= 15 is 0 Å². The Labute approximate surface area is 187 Å². The monoisotopic (exact) mass is 466 g/mol. The molecule has 0 saturated carbocycles. The first-order valence-electron chi connectivity index (χ1n) is 9.97. The van der Waals surface area contributed by atoms with Gasteiger partial charge in [-0.2, -0.15) is 12.7 Å². The number of amides is 1. The molecule has 0 bridgehead atoms. The van der Waals surface area contributed by atoms with Gasteiger partial charge < -0.3 is 10.1 Å². The molecule has 1 amide bonds. The van der Waals surface area contributed by atoms with Gasteiger partial charge in [0.15, 0.2) is 0 Å². The van der Waals surface area contributed by atoms with Crippen molar-refractivity contribution >= 4 is 33.4 Å². The van der Waals surface area contributed by atoms with Crippen LogP contribution in [0, 0.1) is 0 Å². The molecule has 1 fully saturated rings. The zero-order valence-corrected chi connectivity index (χ0v) is 19.3. The number of nitrogens with two attached hydrogens (primary N) is 1. The van der Waals surface area contributed by atoms with Crippen LogP contribution in [0.1, 0.15) is 43.7 Å². The number of hydrogen-bond donors (Lipinski definition) is 2. The highest BCUT2D eigenvalue weighted by Crippen LogP contribution is 2.41. The van der Waals surface area contributed by atoms with Crippen molar-refractivity contribution in [2.24, 2.45) is 5.14 Å². The number of halogens is 1. The molecule has 1 aromatic carbocycles. The van der Waals surface area contributed by atoms with E-state index in [1.807, 2.05) is 24.3 Å². The minimum atomic E-state index is -3.83. The van der Waals surface area contributed by atoms with E-state index in [0.717, 1.165) is 11.1 Å². The molecule has 3 rings (SSSR count). The number of ether oxygens (including phenoxy) is 1. The predicted molar refractivity (Wildman–Crippen MR) is 121 cm³/mol. The van der Waals surface area contributed by atoms with Crippen LogP contribution in [0.2, 0.25) is 5.15 Å². The average Bonchev–Trinajstić information content (AvgIpc) is 2.74. The van der Waals surface area contributed by atoms with E-state index in [-0.39, 0.29) is 30.1 Å². The highest BCUT2D eigenvalue weighted by molar-refractivity contribution is 7.86. The van der Waals surface area contributed by atoms with Crippen molar-refractivity contribution in [1.82, 2.24) is 9.29 Å². The van der Waals surface area contributed by atoms with E-state index in [2.05, 4.69) is 24.1 Å². The molecule has 0 spiro atoms. The summed E-state index contributed by atoms with van der Waals surface area (Å²) in [7, 11) is -2.35. The molecule has 0 unspecified atom stereocenters. The Balaban J connectivity index is 2.05. The molecule has 2 aromatic rings. The average molecular weight is 467 g/mol. The molecular weight excluding hydrogens is 440 g/mol. The van der Waals surface area contributed by atoms with Crippen LogP contribution < -0.4 is 15.2 Å². The third-order valence-corrected chi connectivity index (χ3v) is 7.06. The van der Waals surface area contributed by atoms with E-state index in [1.165, 1.54) is 23.7 Å². The number of rotatable bonds is 6. The maximum atomic E-state index is 13.7. The van der Waals surface area contributed by atoms with Crippen molar-refractivity contribution < 1.29 is 17.9 Å². The summed E-state index contributed by atoms with van der Waals surface area (Å²) in [6, 6.07) is 9.31. The van der Waals surface area contributed by atoms with Crippen molar-refractivity contribution in [2.45, 2.75) is 38.0 Å². The van der Waals surface area contributed by atoms with Crippen LogP contribution in [0.3, 0.4) is 0 Å². The van der Waals surface area contributed by atoms with Crippen LogP contribution in [-0.2, 0) is 20.4 Å². The minimum Gasteiger partial charge on any atom is -0.494 e. The van der Waals surface area contributed by atoms with Crippen LogP contribution in [-0.4, -0.2) is 43.8 Å². The van der Waals surface area contributed by atoms with Crippen molar-refractivity contribution in [3.63, 3.8) is 0 Å². The number of benzene rings is 1. The molecule has 31 heavy (non-hydrogen) atoms. The molecule has 1 aliphatic rings. The van der Waals surface area contributed by atoms with Crippen molar-refractivity contribution in [2.75, 3.05) is 25.5 Å². The summed E-state index contributed by atoms with van der Waals surface area (Å²) in [6.45, 7) is 4.43. The Morgan fingerprint density at radius 1 is 1.29 bits per heavy atom. The summed E-state index contributed by atoms with van der Waals surface area (Å²) in [6.07, 6.45) is 2.03. The highest BCUT2D eigenvalue weighted by atomic mass is 35.5. The summed E-state index contributed by atoms with van der Waals surface area (Å²) >= 11 is 5.94. The van der Waals surface area contributed by atoms with Crippen LogP contribution in [0.15, 0.2) is 36.5 Å². The molecule has 3 N–H and O–H groups in total. The molecular formula is C21H27ClN4O4S. The summed E-state index contributed by atoms with van der Waals surface area (Å²) < 4.78 is 30.2. The lowest BCUT2D eigenvalue weighted by molar-refractivity contribution is -0.123. The predicted octanol–water partition coefficient (Wildman–Crippen LogP) is 3.04. The number of methoxy groups -OCH3 is 1. The van der Waals surface area contributed by atoms with Crippen LogP contribution in [0.4, 0.5) is 5.69 Å².